The first-order valence-electron chi connectivity index (χ1n) is 7.39. The topological polar surface area (TPSA) is 80.7 Å². The third-order valence-corrected chi connectivity index (χ3v) is 3.40. The van der Waals surface area contributed by atoms with Crippen LogP contribution in [0.2, 0.25) is 0 Å². The summed E-state index contributed by atoms with van der Waals surface area (Å²) < 4.78 is 48.4. The minimum Gasteiger partial charge on any atom is -0.494 e. The lowest BCUT2D eigenvalue weighted by Gasteiger charge is -2.17. The number of hydrogen-bond acceptors (Lipinski definition) is 6. The Labute approximate surface area is 141 Å². The van der Waals surface area contributed by atoms with Crippen molar-refractivity contribution in [1.82, 2.24) is 10.3 Å². The second-order valence-electron chi connectivity index (χ2n) is 5.04. The number of fused-ring (bicyclic) bond motifs is 1. The van der Waals surface area contributed by atoms with E-state index in [1.54, 1.807) is 6.92 Å². The van der Waals surface area contributed by atoms with Gasteiger partial charge in [0.15, 0.2) is 0 Å². The number of rotatable bonds is 6. The van der Waals surface area contributed by atoms with Gasteiger partial charge in [-0.15, -0.1) is 0 Å². The van der Waals surface area contributed by atoms with Gasteiger partial charge in [0.05, 0.1) is 20.3 Å². The number of alkyl halides is 3. The molecule has 1 aromatic carbocycles. The number of nitrogens with zero attached hydrogens (tertiary/aromatic N) is 1. The fourth-order valence-corrected chi connectivity index (χ4v) is 2.28. The largest absolute Gasteiger partial charge is 0.494 e. The predicted octanol–water partition coefficient (Wildman–Crippen LogP) is 2.41. The Balaban J connectivity index is 2.39. The summed E-state index contributed by atoms with van der Waals surface area (Å²) in [5.41, 5.74) is -0.836. The summed E-state index contributed by atoms with van der Waals surface area (Å²) >= 11 is 0. The molecule has 0 spiro atoms. The molecule has 0 saturated heterocycles. The standard InChI is InChI=1S/C16H17F3N2O4/c1-3-25-13(22)8-20-15(23)10-4-6-11(24-2)14-9(10)5-7-12(21-14)16(17,18)19/h4-7,15,20,23H,3,8H2,1-2H3. The fourth-order valence-electron chi connectivity index (χ4n) is 2.28. The minimum absolute atomic E-state index is 0.0354. The number of ether oxygens (including phenoxy) is 2. The molecule has 2 rings (SSSR count). The second-order valence-corrected chi connectivity index (χ2v) is 5.04. The predicted molar refractivity (Wildman–Crippen MR) is 82.9 cm³/mol. The maximum absolute atomic E-state index is 12.9. The van der Waals surface area contributed by atoms with Gasteiger partial charge in [-0.3, -0.25) is 10.1 Å². The lowest BCUT2D eigenvalue weighted by atomic mass is 10.1. The fraction of sp³-hybridized carbons (Fsp3) is 0.375. The molecular weight excluding hydrogens is 341 g/mol. The lowest BCUT2D eigenvalue weighted by Crippen LogP contribution is -2.28. The summed E-state index contributed by atoms with van der Waals surface area (Å²) in [7, 11) is 1.31. The quantitative estimate of drug-likeness (QED) is 0.610. The van der Waals surface area contributed by atoms with E-state index in [9.17, 15) is 23.1 Å². The van der Waals surface area contributed by atoms with E-state index >= 15 is 0 Å². The molecule has 0 bridgehead atoms. The molecular formula is C16H17F3N2O4. The van der Waals surface area contributed by atoms with Crippen molar-refractivity contribution in [3.63, 3.8) is 0 Å². The molecule has 0 saturated carbocycles. The number of hydrogen-bond donors (Lipinski definition) is 2. The van der Waals surface area contributed by atoms with Crippen LogP contribution in [0.3, 0.4) is 0 Å². The Bertz CT molecular complexity index is 765. The van der Waals surface area contributed by atoms with Crippen LogP contribution in [0.25, 0.3) is 10.9 Å². The van der Waals surface area contributed by atoms with Crippen LogP contribution in [0.15, 0.2) is 24.3 Å². The first-order chi connectivity index (χ1) is 11.8. The van der Waals surface area contributed by atoms with Crippen LogP contribution in [0.1, 0.15) is 24.4 Å². The molecule has 25 heavy (non-hydrogen) atoms. The Hall–Kier alpha value is -2.39. The van der Waals surface area contributed by atoms with Crippen LogP contribution >= 0.6 is 0 Å². The van der Waals surface area contributed by atoms with Gasteiger partial charge in [-0.2, -0.15) is 13.2 Å². The van der Waals surface area contributed by atoms with E-state index in [1.807, 2.05) is 0 Å². The summed E-state index contributed by atoms with van der Waals surface area (Å²) in [4.78, 5) is 14.9. The van der Waals surface area contributed by atoms with Crippen molar-refractivity contribution >= 4 is 16.9 Å². The summed E-state index contributed by atoms with van der Waals surface area (Å²) in [6, 6.07) is 4.92. The Kier molecular flexibility index (Phi) is 5.81. The molecule has 0 radical (unpaired) electrons. The molecule has 136 valence electrons. The van der Waals surface area contributed by atoms with Gasteiger partial charge in [0.25, 0.3) is 0 Å². The van der Waals surface area contributed by atoms with Crippen LogP contribution in [-0.4, -0.2) is 36.3 Å². The zero-order valence-electron chi connectivity index (χ0n) is 13.6. The number of halogens is 3. The molecule has 0 amide bonds. The van der Waals surface area contributed by atoms with Gasteiger partial charge >= 0.3 is 12.1 Å². The number of aliphatic hydroxyl groups excluding tert-OH is 1. The van der Waals surface area contributed by atoms with Crippen molar-refractivity contribution in [1.29, 1.82) is 0 Å². The lowest BCUT2D eigenvalue weighted by molar-refractivity contribution is -0.143. The molecule has 0 fully saturated rings. The molecule has 1 heterocycles. The van der Waals surface area contributed by atoms with Crippen molar-refractivity contribution in [3.05, 3.63) is 35.5 Å². The zero-order chi connectivity index (χ0) is 18.6. The van der Waals surface area contributed by atoms with Crippen molar-refractivity contribution in [2.75, 3.05) is 20.3 Å². The van der Waals surface area contributed by atoms with Crippen LogP contribution in [0.5, 0.6) is 5.75 Å². The van der Waals surface area contributed by atoms with Gasteiger partial charge in [-0.1, -0.05) is 12.1 Å². The number of esters is 1. The number of methoxy groups -OCH3 is 1. The number of nitrogens with one attached hydrogen (secondary N) is 1. The van der Waals surface area contributed by atoms with Gasteiger partial charge in [-0.05, 0) is 19.1 Å². The molecule has 2 aromatic rings. The summed E-state index contributed by atoms with van der Waals surface area (Å²) in [5, 5.41) is 13.0. The summed E-state index contributed by atoms with van der Waals surface area (Å²) in [5.74, 6) is -0.417. The highest BCUT2D eigenvalue weighted by atomic mass is 19.4. The van der Waals surface area contributed by atoms with Gasteiger partial charge < -0.3 is 14.6 Å². The summed E-state index contributed by atoms with van der Waals surface area (Å²) in [6.45, 7) is 1.60. The van der Waals surface area contributed by atoms with Crippen LogP contribution in [0.4, 0.5) is 13.2 Å². The number of aromatic nitrogens is 1. The number of pyridine rings is 1. The monoisotopic (exact) mass is 358 g/mol. The molecule has 0 aliphatic carbocycles. The molecule has 0 aliphatic rings. The first kappa shape index (κ1) is 18.9. The molecule has 6 nitrogen and oxygen atoms in total. The Morgan fingerprint density at radius 3 is 2.64 bits per heavy atom. The average Bonchev–Trinajstić information content (AvgIpc) is 2.57. The van der Waals surface area contributed by atoms with Crippen molar-refractivity contribution in [2.24, 2.45) is 0 Å². The maximum atomic E-state index is 12.9. The zero-order valence-corrected chi connectivity index (χ0v) is 13.6. The molecule has 0 aliphatic heterocycles. The smallest absolute Gasteiger partial charge is 0.433 e. The van der Waals surface area contributed by atoms with Crippen molar-refractivity contribution in [2.45, 2.75) is 19.3 Å². The second kappa shape index (κ2) is 7.66. The normalized spacial score (nSPS) is 12.9. The first-order valence-corrected chi connectivity index (χ1v) is 7.39. The molecule has 1 unspecified atom stereocenters. The maximum Gasteiger partial charge on any atom is 0.433 e. The molecule has 1 aromatic heterocycles. The third-order valence-electron chi connectivity index (χ3n) is 3.40. The van der Waals surface area contributed by atoms with E-state index < -0.39 is 24.1 Å². The number of aliphatic hydroxyl groups is 1. The molecule has 2 N–H and O–H groups in total. The Morgan fingerprint density at radius 1 is 1.32 bits per heavy atom. The Morgan fingerprint density at radius 2 is 2.04 bits per heavy atom. The minimum atomic E-state index is -4.60. The van der Waals surface area contributed by atoms with E-state index in [1.165, 1.54) is 25.3 Å². The number of carbonyl (C=O) groups excluding carboxylic acids is 1. The SMILES string of the molecule is CCOC(=O)CNC(O)c1ccc(OC)c2nc(C(F)(F)F)ccc12. The van der Waals surface area contributed by atoms with Gasteiger partial charge in [-0.25, -0.2) is 4.98 Å². The highest BCUT2D eigenvalue weighted by Gasteiger charge is 2.33. The van der Waals surface area contributed by atoms with Crippen molar-refractivity contribution < 1.29 is 32.5 Å². The van der Waals surface area contributed by atoms with Gasteiger partial charge in [0.2, 0.25) is 0 Å². The van der Waals surface area contributed by atoms with E-state index in [0.717, 1.165) is 6.07 Å². The van der Waals surface area contributed by atoms with E-state index in [0.29, 0.717) is 0 Å². The van der Waals surface area contributed by atoms with E-state index in [4.69, 9.17) is 9.47 Å². The van der Waals surface area contributed by atoms with Gasteiger partial charge in [0.1, 0.15) is 23.2 Å². The number of benzene rings is 1. The van der Waals surface area contributed by atoms with Crippen LogP contribution < -0.4 is 10.1 Å². The third kappa shape index (κ3) is 4.37. The number of carbonyl (C=O) groups is 1. The average molecular weight is 358 g/mol. The highest BCUT2D eigenvalue weighted by Crippen LogP contribution is 2.34. The molecule has 1 atom stereocenters. The van der Waals surface area contributed by atoms with E-state index in [2.05, 4.69) is 10.3 Å². The van der Waals surface area contributed by atoms with Crippen molar-refractivity contribution in [3.8, 4) is 5.75 Å². The summed E-state index contributed by atoms with van der Waals surface area (Å²) in [6.07, 6.45) is -5.90. The van der Waals surface area contributed by atoms with E-state index in [-0.39, 0.29) is 35.4 Å². The van der Waals surface area contributed by atoms with Crippen LogP contribution in [0, 0.1) is 0 Å². The van der Waals surface area contributed by atoms with Gasteiger partial charge in [0, 0.05) is 10.9 Å². The highest BCUT2D eigenvalue weighted by molar-refractivity contribution is 5.88. The van der Waals surface area contributed by atoms with Crippen LogP contribution in [-0.2, 0) is 15.7 Å². The molecule has 9 heteroatoms.